The highest BCUT2D eigenvalue weighted by Crippen LogP contribution is 2.08. The first kappa shape index (κ1) is 11.6. The lowest BCUT2D eigenvalue weighted by Gasteiger charge is -2.13. The van der Waals surface area contributed by atoms with E-state index in [4.69, 9.17) is 0 Å². The second-order valence-corrected chi connectivity index (χ2v) is 3.21. The highest BCUT2D eigenvalue weighted by Gasteiger charge is 2.02. The van der Waals surface area contributed by atoms with Crippen LogP contribution in [-0.2, 0) is 0 Å². The molecule has 2 nitrogen and oxygen atoms in total. The van der Waals surface area contributed by atoms with Gasteiger partial charge >= 0.3 is 0 Å². The zero-order chi connectivity index (χ0) is 9.23. The molecule has 0 spiro atoms. The van der Waals surface area contributed by atoms with Crippen molar-refractivity contribution in [3.05, 3.63) is 0 Å². The van der Waals surface area contributed by atoms with E-state index < -0.39 is 0 Å². The van der Waals surface area contributed by atoms with E-state index in [0.29, 0.717) is 0 Å². The van der Waals surface area contributed by atoms with Crippen LogP contribution in [0.15, 0.2) is 4.99 Å². The van der Waals surface area contributed by atoms with Gasteiger partial charge in [-0.15, -0.1) is 0 Å². The topological polar surface area (TPSA) is 24.4 Å². The molecule has 1 unspecified atom stereocenters. The molecule has 12 heavy (non-hydrogen) atoms. The smallest absolute Gasteiger partial charge is 0.0507 e. The van der Waals surface area contributed by atoms with Gasteiger partial charge in [-0.2, -0.15) is 0 Å². The molecule has 2 heteroatoms. The number of rotatable bonds is 8. The molecule has 0 heterocycles. The van der Waals surface area contributed by atoms with Crippen molar-refractivity contribution in [2.45, 2.75) is 33.1 Å². The Morgan fingerprint density at radius 2 is 2.17 bits per heavy atom. The number of hydrogen-bond donors (Lipinski definition) is 1. The zero-order valence-electron chi connectivity index (χ0n) is 8.47. The number of hydrogen-bond acceptors (Lipinski definition) is 2. The van der Waals surface area contributed by atoms with Crippen molar-refractivity contribution in [3.8, 4) is 0 Å². The second kappa shape index (κ2) is 8.72. The van der Waals surface area contributed by atoms with E-state index in [-0.39, 0.29) is 0 Å². The van der Waals surface area contributed by atoms with Gasteiger partial charge in [-0.3, -0.25) is 4.99 Å². The van der Waals surface area contributed by atoms with Crippen LogP contribution in [0, 0.1) is 5.92 Å². The minimum atomic E-state index is 0.836. The Morgan fingerprint density at radius 1 is 1.42 bits per heavy atom. The fraction of sp³-hybridized carbons (Fsp3) is 0.900. The molecule has 0 fully saturated rings. The van der Waals surface area contributed by atoms with Crippen LogP contribution in [0.25, 0.3) is 0 Å². The standard InChI is InChI=1S/C10H22N2/c1-4-6-10(5-2)9-12-8-7-11-3/h10,12H,3-9H2,1-2H3. The molecule has 0 aliphatic rings. The summed E-state index contributed by atoms with van der Waals surface area (Å²) in [6.07, 6.45) is 3.91. The Bertz CT molecular complexity index is 102. The maximum atomic E-state index is 3.79. The molecule has 0 aromatic rings. The van der Waals surface area contributed by atoms with Crippen molar-refractivity contribution in [2.75, 3.05) is 19.6 Å². The Balaban J connectivity index is 3.24. The highest BCUT2D eigenvalue weighted by atomic mass is 14.9. The summed E-state index contributed by atoms with van der Waals surface area (Å²) < 4.78 is 0. The molecule has 1 N–H and O–H groups in total. The third-order valence-corrected chi connectivity index (χ3v) is 2.15. The third-order valence-electron chi connectivity index (χ3n) is 2.15. The van der Waals surface area contributed by atoms with Crippen molar-refractivity contribution in [1.82, 2.24) is 5.32 Å². The normalized spacial score (nSPS) is 12.8. The van der Waals surface area contributed by atoms with Crippen molar-refractivity contribution < 1.29 is 0 Å². The fourth-order valence-electron chi connectivity index (χ4n) is 1.32. The van der Waals surface area contributed by atoms with Crippen LogP contribution in [0.5, 0.6) is 0 Å². The van der Waals surface area contributed by atoms with Gasteiger partial charge in [0.2, 0.25) is 0 Å². The quantitative estimate of drug-likeness (QED) is 0.438. The molecule has 0 aromatic carbocycles. The highest BCUT2D eigenvalue weighted by molar-refractivity contribution is 5.23. The Kier molecular flexibility index (Phi) is 8.46. The lowest BCUT2D eigenvalue weighted by Crippen LogP contribution is -2.24. The van der Waals surface area contributed by atoms with Crippen LogP contribution >= 0.6 is 0 Å². The van der Waals surface area contributed by atoms with Gasteiger partial charge in [-0.05, 0) is 25.6 Å². The summed E-state index contributed by atoms with van der Waals surface area (Å²) in [4.78, 5) is 3.79. The first-order chi connectivity index (χ1) is 5.85. The van der Waals surface area contributed by atoms with Gasteiger partial charge in [0.05, 0.1) is 6.54 Å². The van der Waals surface area contributed by atoms with Crippen molar-refractivity contribution in [3.63, 3.8) is 0 Å². The van der Waals surface area contributed by atoms with Gasteiger partial charge in [0.15, 0.2) is 0 Å². The zero-order valence-corrected chi connectivity index (χ0v) is 8.47. The summed E-state index contributed by atoms with van der Waals surface area (Å²) in [7, 11) is 0. The summed E-state index contributed by atoms with van der Waals surface area (Å²) in [5.41, 5.74) is 0. The molecule has 0 aliphatic carbocycles. The van der Waals surface area contributed by atoms with Crippen LogP contribution in [0.2, 0.25) is 0 Å². The van der Waals surface area contributed by atoms with Crippen molar-refractivity contribution >= 4 is 6.72 Å². The van der Waals surface area contributed by atoms with Gasteiger partial charge in [0.25, 0.3) is 0 Å². The predicted octanol–water partition coefficient (Wildman–Crippen LogP) is 2.10. The summed E-state index contributed by atoms with van der Waals surface area (Å²) in [6, 6.07) is 0. The Morgan fingerprint density at radius 3 is 2.67 bits per heavy atom. The van der Waals surface area contributed by atoms with Crippen molar-refractivity contribution in [2.24, 2.45) is 10.9 Å². The predicted molar refractivity (Wildman–Crippen MR) is 56.0 cm³/mol. The maximum Gasteiger partial charge on any atom is 0.0507 e. The minimum Gasteiger partial charge on any atom is -0.315 e. The van der Waals surface area contributed by atoms with Gasteiger partial charge in [0, 0.05) is 6.54 Å². The average molecular weight is 170 g/mol. The third kappa shape index (κ3) is 6.35. The van der Waals surface area contributed by atoms with Crippen LogP contribution in [-0.4, -0.2) is 26.4 Å². The molecular formula is C10H22N2. The molecule has 0 saturated carbocycles. The Labute approximate surface area is 76.5 Å². The van der Waals surface area contributed by atoms with Gasteiger partial charge in [-0.25, -0.2) is 0 Å². The molecule has 0 bridgehead atoms. The number of aliphatic imine (C=N–C) groups is 1. The molecule has 1 atom stereocenters. The minimum absolute atomic E-state index is 0.836. The number of nitrogens with zero attached hydrogens (tertiary/aromatic N) is 1. The molecule has 0 aliphatic heterocycles. The molecule has 0 amide bonds. The van der Waals surface area contributed by atoms with Crippen LogP contribution < -0.4 is 5.32 Å². The maximum absolute atomic E-state index is 3.79. The van der Waals surface area contributed by atoms with Gasteiger partial charge in [-0.1, -0.05) is 26.7 Å². The second-order valence-electron chi connectivity index (χ2n) is 3.21. The first-order valence-electron chi connectivity index (χ1n) is 4.98. The van der Waals surface area contributed by atoms with Crippen LogP contribution in [0.4, 0.5) is 0 Å². The molecule has 72 valence electrons. The monoisotopic (exact) mass is 170 g/mol. The van der Waals surface area contributed by atoms with E-state index in [1.807, 2.05) is 0 Å². The van der Waals surface area contributed by atoms with E-state index >= 15 is 0 Å². The van der Waals surface area contributed by atoms with Crippen LogP contribution in [0.3, 0.4) is 0 Å². The Hall–Kier alpha value is -0.370. The fourth-order valence-corrected chi connectivity index (χ4v) is 1.32. The van der Waals surface area contributed by atoms with E-state index in [1.54, 1.807) is 0 Å². The van der Waals surface area contributed by atoms with E-state index in [0.717, 1.165) is 25.6 Å². The molecule has 0 rings (SSSR count). The van der Waals surface area contributed by atoms with E-state index in [1.165, 1.54) is 19.3 Å². The van der Waals surface area contributed by atoms with Gasteiger partial charge in [0.1, 0.15) is 0 Å². The number of nitrogens with one attached hydrogen (secondary N) is 1. The van der Waals surface area contributed by atoms with Gasteiger partial charge < -0.3 is 5.32 Å². The average Bonchev–Trinajstić information content (AvgIpc) is 2.10. The SMILES string of the molecule is C=NCCNCC(CC)CCC. The lowest BCUT2D eigenvalue weighted by atomic mass is 10.0. The summed E-state index contributed by atoms with van der Waals surface area (Å²) in [5, 5.41) is 3.39. The van der Waals surface area contributed by atoms with E-state index in [2.05, 4.69) is 30.9 Å². The largest absolute Gasteiger partial charge is 0.315 e. The molecule has 0 saturated heterocycles. The molecule has 0 radical (unpaired) electrons. The first-order valence-corrected chi connectivity index (χ1v) is 4.98. The van der Waals surface area contributed by atoms with Crippen molar-refractivity contribution in [1.29, 1.82) is 0 Å². The summed E-state index contributed by atoms with van der Waals surface area (Å²) >= 11 is 0. The van der Waals surface area contributed by atoms with Crippen LogP contribution in [0.1, 0.15) is 33.1 Å². The van der Waals surface area contributed by atoms with E-state index in [9.17, 15) is 0 Å². The summed E-state index contributed by atoms with van der Waals surface area (Å²) in [5.74, 6) is 0.847. The lowest BCUT2D eigenvalue weighted by molar-refractivity contribution is 0.432. The molecule has 0 aromatic heterocycles. The molecular weight excluding hydrogens is 148 g/mol. The summed E-state index contributed by atoms with van der Waals surface area (Å²) in [6.45, 7) is 10.9.